The van der Waals surface area contributed by atoms with E-state index in [1.807, 2.05) is 14.0 Å². The minimum absolute atomic E-state index is 0.0371. The molecule has 3 N–H and O–H groups in total. The Hall–Kier alpha value is -0.120. The first-order chi connectivity index (χ1) is 6.35. The summed E-state index contributed by atoms with van der Waals surface area (Å²) in [5, 5.41) is 23.0. The van der Waals surface area contributed by atoms with Gasteiger partial charge in [0, 0.05) is 6.04 Å². The van der Waals surface area contributed by atoms with E-state index in [-0.39, 0.29) is 6.04 Å². The summed E-state index contributed by atoms with van der Waals surface area (Å²) in [6, 6.07) is -0.0371. The highest BCUT2D eigenvalue weighted by atomic mass is 16.3. The molecule has 0 spiro atoms. The molecule has 0 aliphatic heterocycles. The highest BCUT2D eigenvalue weighted by Gasteiger charge is 2.34. The van der Waals surface area contributed by atoms with Crippen molar-refractivity contribution in [3.05, 3.63) is 0 Å². The molecule has 3 nitrogen and oxygen atoms in total. The average Bonchev–Trinajstić information content (AvgIpc) is 2.12. The molecule has 0 amide bonds. The molecule has 0 aliphatic carbocycles. The van der Waals surface area contributed by atoms with Crippen molar-refractivity contribution in [2.45, 2.75) is 58.3 Å². The second-order valence-corrected chi connectivity index (χ2v) is 4.68. The topological polar surface area (TPSA) is 52.5 Å². The van der Waals surface area contributed by atoms with E-state index >= 15 is 0 Å². The second kappa shape index (κ2) is 5.69. The first-order valence-electron chi connectivity index (χ1n) is 5.42. The van der Waals surface area contributed by atoms with Gasteiger partial charge < -0.3 is 15.5 Å². The third-order valence-corrected chi connectivity index (χ3v) is 2.83. The molecule has 0 aliphatic rings. The van der Waals surface area contributed by atoms with Crippen LogP contribution in [0.25, 0.3) is 0 Å². The van der Waals surface area contributed by atoms with Gasteiger partial charge in [0.25, 0.3) is 0 Å². The lowest BCUT2D eigenvalue weighted by Crippen LogP contribution is -2.51. The Morgan fingerprint density at radius 1 is 1.36 bits per heavy atom. The van der Waals surface area contributed by atoms with Gasteiger partial charge in [0.05, 0.1) is 11.7 Å². The summed E-state index contributed by atoms with van der Waals surface area (Å²) in [5.74, 6) is 0.509. The summed E-state index contributed by atoms with van der Waals surface area (Å²) in [6.07, 6.45) is 0.720. The fourth-order valence-corrected chi connectivity index (χ4v) is 1.56. The molecular formula is C11H25NO2. The van der Waals surface area contributed by atoms with Crippen molar-refractivity contribution in [2.75, 3.05) is 7.05 Å². The van der Waals surface area contributed by atoms with Gasteiger partial charge in [-0.25, -0.2) is 0 Å². The van der Waals surface area contributed by atoms with E-state index in [0.29, 0.717) is 12.3 Å². The zero-order valence-corrected chi connectivity index (χ0v) is 10.0. The van der Waals surface area contributed by atoms with E-state index in [0.717, 1.165) is 6.42 Å². The van der Waals surface area contributed by atoms with Crippen molar-refractivity contribution in [3.8, 4) is 0 Å². The van der Waals surface area contributed by atoms with Crippen LogP contribution >= 0.6 is 0 Å². The molecule has 0 aromatic carbocycles. The van der Waals surface area contributed by atoms with Crippen LogP contribution in [0.2, 0.25) is 0 Å². The molecule has 0 saturated carbocycles. The van der Waals surface area contributed by atoms with Crippen LogP contribution in [0.1, 0.15) is 40.5 Å². The molecule has 0 aromatic rings. The molecule has 86 valence electrons. The van der Waals surface area contributed by atoms with Gasteiger partial charge in [0.2, 0.25) is 0 Å². The van der Waals surface area contributed by atoms with Crippen LogP contribution in [-0.4, -0.2) is 35.0 Å². The number of aliphatic hydroxyl groups excluding tert-OH is 1. The first-order valence-corrected chi connectivity index (χ1v) is 5.42. The summed E-state index contributed by atoms with van der Waals surface area (Å²) in [5.41, 5.74) is -0.997. The van der Waals surface area contributed by atoms with E-state index in [9.17, 15) is 10.2 Å². The zero-order valence-electron chi connectivity index (χ0n) is 10.0. The van der Waals surface area contributed by atoms with Gasteiger partial charge >= 0.3 is 0 Å². The lowest BCUT2D eigenvalue weighted by atomic mass is 9.87. The summed E-state index contributed by atoms with van der Waals surface area (Å²) in [6.45, 7) is 7.78. The fourth-order valence-electron chi connectivity index (χ4n) is 1.56. The van der Waals surface area contributed by atoms with E-state index in [2.05, 4.69) is 19.2 Å². The van der Waals surface area contributed by atoms with E-state index in [1.165, 1.54) is 0 Å². The van der Waals surface area contributed by atoms with Gasteiger partial charge in [-0.1, -0.05) is 20.8 Å². The Bertz CT molecular complexity index is 157. The largest absolute Gasteiger partial charge is 0.389 e. The predicted octanol–water partition coefficient (Wildman–Crippen LogP) is 1.14. The highest BCUT2D eigenvalue weighted by molar-refractivity contribution is 4.89. The molecule has 0 saturated heterocycles. The molecule has 3 heteroatoms. The minimum Gasteiger partial charge on any atom is -0.389 e. The minimum atomic E-state index is -0.997. The van der Waals surface area contributed by atoms with Crippen LogP contribution in [0.4, 0.5) is 0 Å². The molecule has 0 radical (unpaired) electrons. The standard InChI is InChI=1S/C11H25NO2/c1-6-11(4,14)10(13)9(12-5)7-8(2)3/h8-10,12-14H,6-7H2,1-5H3/t9-,10+,11+/m0/s1. The van der Waals surface area contributed by atoms with Crippen molar-refractivity contribution >= 4 is 0 Å². The Morgan fingerprint density at radius 2 is 1.86 bits per heavy atom. The van der Waals surface area contributed by atoms with Gasteiger partial charge in [-0.3, -0.25) is 0 Å². The van der Waals surface area contributed by atoms with Crippen LogP contribution in [-0.2, 0) is 0 Å². The van der Waals surface area contributed by atoms with Gasteiger partial charge in [-0.05, 0) is 32.7 Å². The van der Waals surface area contributed by atoms with Crippen LogP contribution in [0, 0.1) is 5.92 Å². The lowest BCUT2D eigenvalue weighted by Gasteiger charge is -2.34. The lowest BCUT2D eigenvalue weighted by molar-refractivity contribution is -0.0815. The number of hydrogen-bond acceptors (Lipinski definition) is 3. The first kappa shape index (κ1) is 13.9. The van der Waals surface area contributed by atoms with Crippen molar-refractivity contribution in [1.29, 1.82) is 0 Å². The molecule has 3 atom stereocenters. The zero-order chi connectivity index (χ0) is 11.4. The van der Waals surface area contributed by atoms with Crippen LogP contribution < -0.4 is 5.32 Å². The van der Waals surface area contributed by atoms with Crippen molar-refractivity contribution < 1.29 is 10.2 Å². The molecular weight excluding hydrogens is 178 g/mol. The summed E-state index contributed by atoms with van der Waals surface area (Å²) in [4.78, 5) is 0. The van der Waals surface area contributed by atoms with Crippen LogP contribution in [0.15, 0.2) is 0 Å². The maximum atomic E-state index is 9.97. The quantitative estimate of drug-likeness (QED) is 0.607. The van der Waals surface area contributed by atoms with Gasteiger partial charge in [0.1, 0.15) is 0 Å². The van der Waals surface area contributed by atoms with Gasteiger partial charge in [0.15, 0.2) is 0 Å². The normalized spacial score (nSPS) is 20.6. The van der Waals surface area contributed by atoms with Crippen molar-refractivity contribution in [2.24, 2.45) is 5.92 Å². The third-order valence-electron chi connectivity index (χ3n) is 2.83. The molecule has 0 bridgehead atoms. The molecule has 0 rings (SSSR count). The second-order valence-electron chi connectivity index (χ2n) is 4.68. The fraction of sp³-hybridized carbons (Fsp3) is 1.00. The Kier molecular flexibility index (Phi) is 5.64. The van der Waals surface area contributed by atoms with Crippen molar-refractivity contribution in [1.82, 2.24) is 5.32 Å². The SMILES string of the molecule is CC[C@@](C)(O)[C@H](O)[C@H](CC(C)C)NC. The number of likely N-dealkylation sites (N-methyl/N-ethyl adjacent to an activating group) is 1. The smallest absolute Gasteiger partial charge is 0.0976 e. The van der Waals surface area contributed by atoms with Gasteiger partial charge in [-0.2, -0.15) is 0 Å². The van der Waals surface area contributed by atoms with Crippen molar-refractivity contribution in [3.63, 3.8) is 0 Å². The Labute approximate surface area is 87.5 Å². The van der Waals surface area contributed by atoms with E-state index in [1.54, 1.807) is 6.92 Å². The predicted molar refractivity (Wildman–Crippen MR) is 59.2 cm³/mol. The summed E-state index contributed by atoms with van der Waals surface area (Å²) < 4.78 is 0. The van der Waals surface area contributed by atoms with E-state index in [4.69, 9.17) is 0 Å². The number of rotatable bonds is 6. The third kappa shape index (κ3) is 3.95. The molecule has 14 heavy (non-hydrogen) atoms. The molecule has 0 unspecified atom stereocenters. The molecule has 0 aromatic heterocycles. The van der Waals surface area contributed by atoms with Gasteiger partial charge in [-0.15, -0.1) is 0 Å². The Balaban J connectivity index is 4.37. The monoisotopic (exact) mass is 203 g/mol. The maximum Gasteiger partial charge on any atom is 0.0976 e. The summed E-state index contributed by atoms with van der Waals surface area (Å²) >= 11 is 0. The number of aliphatic hydroxyl groups is 2. The molecule has 0 fully saturated rings. The molecule has 0 heterocycles. The van der Waals surface area contributed by atoms with Crippen LogP contribution in [0.3, 0.4) is 0 Å². The number of hydrogen-bond donors (Lipinski definition) is 3. The number of nitrogens with one attached hydrogen (secondary N) is 1. The maximum absolute atomic E-state index is 9.97. The Morgan fingerprint density at radius 3 is 2.14 bits per heavy atom. The van der Waals surface area contributed by atoms with E-state index < -0.39 is 11.7 Å². The average molecular weight is 203 g/mol. The highest BCUT2D eigenvalue weighted by Crippen LogP contribution is 2.20. The summed E-state index contributed by atoms with van der Waals surface area (Å²) in [7, 11) is 1.82. The van der Waals surface area contributed by atoms with Crippen LogP contribution in [0.5, 0.6) is 0 Å².